The second-order valence-corrected chi connectivity index (χ2v) is 12.0. The fourth-order valence-corrected chi connectivity index (χ4v) is 6.02. The Bertz CT molecular complexity index is 1520. The van der Waals surface area contributed by atoms with Gasteiger partial charge in [0.15, 0.2) is 6.10 Å². The van der Waals surface area contributed by atoms with Crippen molar-refractivity contribution in [2.75, 3.05) is 19.8 Å². The van der Waals surface area contributed by atoms with Gasteiger partial charge in [0.2, 0.25) is 0 Å². The summed E-state index contributed by atoms with van der Waals surface area (Å²) in [7, 11) is 0. The van der Waals surface area contributed by atoms with Crippen molar-refractivity contribution in [2.45, 2.75) is 79.1 Å². The fourth-order valence-electron chi connectivity index (χ4n) is 6.02. The summed E-state index contributed by atoms with van der Waals surface area (Å²) in [6.45, 7) is 13.2. The highest BCUT2D eigenvalue weighted by molar-refractivity contribution is 5.92. The Morgan fingerprint density at radius 3 is 2.43 bits per heavy atom. The van der Waals surface area contributed by atoms with Gasteiger partial charge in [0.05, 0.1) is 18.8 Å². The SMILES string of the molecule is CCOC(=O)C(OC(C)(C)C)c1c(C)nc(C)c(-c2ccc3c(c2)CCN(C(=O)O)C3)c1-c1ccc2c(c1)CCCO2. The van der Waals surface area contributed by atoms with Crippen LogP contribution >= 0.6 is 0 Å². The number of rotatable bonds is 6. The first-order valence-electron chi connectivity index (χ1n) is 14.7. The van der Waals surface area contributed by atoms with Crippen molar-refractivity contribution < 1.29 is 28.9 Å². The van der Waals surface area contributed by atoms with Crippen molar-refractivity contribution in [2.24, 2.45) is 0 Å². The van der Waals surface area contributed by atoms with E-state index in [0.717, 1.165) is 63.2 Å². The third-order valence-electron chi connectivity index (χ3n) is 7.82. The molecular formula is C34H40N2O6. The lowest BCUT2D eigenvalue weighted by atomic mass is 9.84. The number of hydrogen-bond donors (Lipinski definition) is 1. The van der Waals surface area contributed by atoms with Crippen molar-refractivity contribution in [3.05, 3.63) is 70.0 Å². The molecule has 222 valence electrons. The van der Waals surface area contributed by atoms with E-state index in [-0.39, 0.29) is 6.61 Å². The van der Waals surface area contributed by atoms with Gasteiger partial charge in [-0.1, -0.05) is 24.3 Å². The fraction of sp³-hybridized carbons (Fsp3) is 0.441. The number of nitrogens with zero attached hydrogens (tertiary/aromatic N) is 2. The molecule has 1 N–H and O–H groups in total. The minimum Gasteiger partial charge on any atom is -0.493 e. The lowest BCUT2D eigenvalue weighted by Gasteiger charge is -2.31. The van der Waals surface area contributed by atoms with Crippen LogP contribution in [0.3, 0.4) is 0 Å². The van der Waals surface area contributed by atoms with Crippen molar-refractivity contribution in [3.8, 4) is 28.0 Å². The molecule has 1 unspecified atom stereocenters. The molecule has 0 saturated heterocycles. The summed E-state index contributed by atoms with van der Waals surface area (Å²) in [6.07, 6.45) is 0.596. The van der Waals surface area contributed by atoms with E-state index in [2.05, 4.69) is 12.1 Å². The van der Waals surface area contributed by atoms with Crippen molar-refractivity contribution >= 4 is 12.1 Å². The highest BCUT2D eigenvalue weighted by Gasteiger charge is 2.35. The van der Waals surface area contributed by atoms with E-state index in [1.807, 2.05) is 58.9 Å². The minimum atomic E-state index is -0.985. The Morgan fingerprint density at radius 1 is 1.00 bits per heavy atom. The van der Waals surface area contributed by atoms with Gasteiger partial charge in [-0.2, -0.15) is 0 Å². The normalized spacial score (nSPS) is 15.3. The number of benzene rings is 2. The Morgan fingerprint density at radius 2 is 1.71 bits per heavy atom. The molecule has 5 rings (SSSR count). The van der Waals surface area contributed by atoms with Crippen molar-refractivity contribution in [3.63, 3.8) is 0 Å². The first-order valence-corrected chi connectivity index (χ1v) is 14.7. The zero-order valence-electron chi connectivity index (χ0n) is 25.4. The van der Waals surface area contributed by atoms with Crippen molar-refractivity contribution in [1.82, 2.24) is 9.88 Å². The molecule has 2 aliphatic heterocycles. The monoisotopic (exact) mass is 572 g/mol. The number of aromatic nitrogens is 1. The third kappa shape index (κ3) is 6.00. The van der Waals surface area contributed by atoms with Gasteiger partial charge in [-0.3, -0.25) is 4.98 Å². The van der Waals surface area contributed by atoms with E-state index in [4.69, 9.17) is 19.2 Å². The van der Waals surface area contributed by atoms with Gasteiger partial charge in [0.1, 0.15) is 5.75 Å². The largest absolute Gasteiger partial charge is 0.493 e. The number of fused-ring (bicyclic) bond motifs is 2. The molecule has 0 bridgehead atoms. The Balaban J connectivity index is 1.77. The lowest BCUT2D eigenvalue weighted by Crippen LogP contribution is -2.34. The molecule has 0 aliphatic carbocycles. The molecule has 42 heavy (non-hydrogen) atoms. The van der Waals surface area contributed by atoms with Crippen LogP contribution < -0.4 is 4.74 Å². The van der Waals surface area contributed by atoms with E-state index in [9.17, 15) is 14.7 Å². The molecule has 2 aliphatic rings. The minimum absolute atomic E-state index is 0.234. The Labute approximate surface area is 247 Å². The maximum atomic E-state index is 13.6. The number of hydrogen-bond acceptors (Lipinski definition) is 6. The second-order valence-electron chi connectivity index (χ2n) is 12.0. The number of aryl methyl sites for hydroxylation is 3. The van der Waals surface area contributed by atoms with Gasteiger partial charge >= 0.3 is 12.1 Å². The summed E-state index contributed by atoms with van der Waals surface area (Å²) in [5.41, 5.74) is 8.58. The molecule has 1 amide bonds. The van der Waals surface area contributed by atoms with Crippen LogP contribution in [-0.2, 0) is 33.7 Å². The zero-order chi connectivity index (χ0) is 30.2. The molecule has 3 heterocycles. The average Bonchev–Trinajstić information content (AvgIpc) is 2.94. The summed E-state index contributed by atoms with van der Waals surface area (Å²) in [6, 6.07) is 12.4. The van der Waals surface area contributed by atoms with E-state index in [1.54, 1.807) is 6.92 Å². The van der Waals surface area contributed by atoms with Gasteiger partial charge in [-0.25, -0.2) is 9.59 Å². The molecule has 1 atom stereocenters. The van der Waals surface area contributed by atoms with Crippen LogP contribution in [0, 0.1) is 13.8 Å². The van der Waals surface area contributed by atoms with E-state index >= 15 is 0 Å². The number of carbonyl (C=O) groups is 2. The smallest absolute Gasteiger partial charge is 0.407 e. The van der Waals surface area contributed by atoms with Gasteiger partial charge in [-0.05, 0) is 106 Å². The molecule has 0 fully saturated rings. The molecular weight excluding hydrogens is 532 g/mol. The number of ether oxygens (including phenoxy) is 3. The predicted molar refractivity (Wildman–Crippen MR) is 161 cm³/mol. The number of amides is 1. The quantitative estimate of drug-likeness (QED) is 0.324. The number of esters is 1. The zero-order valence-corrected chi connectivity index (χ0v) is 25.4. The number of carbonyl (C=O) groups excluding carboxylic acids is 1. The maximum Gasteiger partial charge on any atom is 0.407 e. The topological polar surface area (TPSA) is 98.2 Å². The van der Waals surface area contributed by atoms with Crippen LogP contribution in [0.5, 0.6) is 5.75 Å². The van der Waals surface area contributed by atoms with Crippen LogP contribution in [0.25, 0.3) is 22.3 Å². The molecule has 2 aromatic carbocycles. The number of carboxylic acid groups (broad SMARTS) is 1. The van der Waals surface area contributed by atoms with Crippen LogP contribution in [0.4, 0.5) is 4.79 Å². The Hall–Kier alpha value is -3.91. The van der Waals surface area contributed by atoms with E-state index < -0.39 is 23.8 Å². The van der Waals surface area contributed by atoms with Gasteiger partial charge in [0, 0.05) is 35.6 Å². The second kappa shape index (κ2) is 11.8. The molecule has 3 aromatic rings. The molecule has 8 heteroatoms. The molecule has 0 saturated carbocycles. The van der Waals surface area contributed by atoms with Gasteiger partial charge in [-0.15, -0.1) is 0 Å². The molecule has 0 spiro atoms. The predicted octanol–water partition coefficient (Wildman–Crippen LogP) is 6.81. The van der Waals surface area contributed by atoms with Crippen LogP contribution in [0.15, 0.2) is 36.4 Å². The van der Waals surface area contributed by atoms with E-state index in [1.165, 1.54) is 4.90 Å². The first kappa shape index (κ1) is 29.6. The molecule has 8 nitrogen and oxygen atoms in total. The summed E-state index contributed by atoms with van der Waals surface area (Å²) < 4.78 is 17.9. The third-order valence-corrected chi connectivity index (χ3v) is 7.82. The Kier molecular flexibility index (Phi) is 8.28. The summed E-state index contributed by atoms with van der Waals surface area (Å²) in [5, 5.41) is 9.51. The van der Waals surface area contributed by atoms with Gasteiger partial charge < -0.3 is 24.2 Å². The highest BCUT2D eigenvalue weighted by atomic mass is 16.6. The first-order chi connectivity index (χ1) is 20.0. The highest BCUT2D eigenvalue weighted by Crippen LogP contribution is 2.44. The summed E-state index contributed by atoms with van der Waals surface area (Å²) in [5.74, 6) is 0.439. The standard InChI is InChI=1S/C34H40N2O6/c1-7-40-32(37)31(42-34(4,5)6)29-21(3)35-20(2)28(30(29)25-12-13-27-23(18-25)9-8-16-41-27)24-10-11-26-19-36(33(38)39)15-14-22(26)17-24/h10-13,17-18,31H,7-9,14-16,19H2,1-6H3,(H,38,39). The summed E-state index contributed by atoms with van der Waals surface area (Å²) in [4.78, 5) is 31.5. The lowest BCUT2D eigenvalue weighted by molar-refractivity contribution is -0.166. The van der Waals surface area contributed by atoms with Crippen LogP contribution in [0.1, 0.15) is 73.9 Å². The van der Waals surface area contributed by atoms with Crippen LogP contribution in [-0.4, -0.2) is 52.4 Å². The van der Waals surface area contributed by atoms with Crippen molar-refractivity contribution in [1.29, 1.82) is 0 Å². The molecule has 0 radical (unpaired) electrons. The summed E-state index contributed by atoms with van der Waals surface area (Å²) >= 11 is 0. The van der Waals surface area contributed by atoms with Gasteiger partial charge in [0.25, 0.3) is 0 Å². The van der Waals surface area contributed by atoms with E-state index in [0.29, 0.717) is 37.4 Å². The average molecular weight is 573 g/mol. The van der Waals surface area contributed by atoms with Crippen LogP contribution in [0.2, 0.25) is 0 Å². The molecule has 1 aromatic heterocycles. The maximum absolute atomic E-state index is 13.6. The number of pyridine rings is 1.